The van der Waals surface area contributed by atoms with E-state index in [1.807, 2.05) is 54.4 Å². The number of rotatable bonds is 7. The first-order chi connectivity index (χ1) is 12.2. The summed E-state index contributed by atoms with van der Waals surface area (Å²) >= 11 is 0. The Kier molecular flexibility index (Phi) is 5.43. The van der Waals surface area contributed by atoms with Gasteiger partial charge < -0.3 is 5.32 Å². The van der Waals surface area contributed by atoms with E-state index in [2.05, 4.69) is 25.8 Å². The van der Waals surface area contributed by atoms with E-state index in [0.717, 1.165) is 11.3 Å². The first-order valence-electron chi connectivity index (χ1n) is 7.89. The van der Waals surface area contributed by atoms with Gasteiger partial charge in [0, 0.05) is 18.9 Å². The number of nitrogens with zero attached hydrogens (tertiary/aromatic N) is 6. The Hall–Kier alpha value is -3.13. The van der Waals surface area contributed by atoms with Gasteiger partial charge in [0.2, 0.25) is 5.91 Å². The molecule has 1 N–H and O–H groups in total. The van der Waals surface area contributed by atoms with E-state index in [-0.39, 0.29) is 19.0 Å². The van der Waals surface area contributed by atoms with Gasteiger partial charge in [0.05, 0.1) is 18.8 Å². The van der Waals surface area contributed by atoms with E-state index >= 15 is 0 Å². The zero-order valence-electron chi connectivity index (χ0n) is 13.9. The minimum Gasteiger partial charge on any atom is -0.348 e. The van der Waals surface area contributed by atoms with Crippen LogP contribution in [-0.2, 0) is 17.9 Å². The molecule has 8 nitrogen and oxygen atoms in total. The second-order valence-corrected chi connectivity index (χ2v) is 5.65. The number of amides is 1. The molecule has 3 aromatic rings. The van der Waals surface area contributed by atoms with Crippen molar-refractivity contribution in [2.75, 3.05) is 13.6 Å². The summed E-state index contributed by atoms with van der Waals surface area (Å²) in [4.78, 5) is 18.1. The Labute approximate surface area is 145 Å². The Morgan fingerprint density at radius 3 is 2.68 bits per heavy atom. The standard InChI is InChI=1S/C17H19N7O/c1-23(12-14-7-9-18-10-8-14)13-17(25)19-11-16-20-21-22-24(16)15-5-3-2-4-6-15/h2-10H,11-13H2,1H3,(H,19,25). The quantitative estimate of drug-likeness (QED) is 0.686. The first-order valence-corrected chi connectivity index (χ1v) is 7.89. The van der Waals surface area contributed by atoms with Gasteiger partial charge in [-0.3, -0.25) is 14.7 Å². The molecular weight excluding hydrogens is 318 g/mol. The van der Waals surface area contributed by atoms with E-state index < -0.39 is 0 Å². The van der Waals surface area contributed by atoms with Crippen molar-refractivity contribution in [3.05, 3.63) is 66.2 Å². The topological polar surface area (TPSA) is 88.8 Å². The van der Waals surface area contributed by atoms with Gasteiger partial charge in [-0.25, -0.2) is 0 Å². The number of benzene rings is 1. The van der Waals surface area contributed by atoms with E-state index in [4.69, 9.17) is 0 Å². The number of carbonyl (C=O) groups is 1. The van der Waals surface area contributed by atoms with Crippen molar-refractivity contribution in [3.63, 3.8) is 0 Å². The Balaban J connectivity index is 1.52. The fourth-order valence-corrected chi connectivity index (χ4v) is 2.42. The van der Waals surface area contributed by atoms with Crippen LogP contribution in [0.5, 0.6) is 0 Å². The summed E-state index contributed by atoms with van der Waals surface area (Å²) in [6, 6.07) is 13.4. The van der Waals surface area contributed by atoms with E-state index in [1.165, 1.54) is 0 Å². The highest BCUT2D eigenvalue weighted by Crippen LogP contribution is 2.06. The third kappa shape index (κ3) is 4.67. The van der Waals surface area contributed by atoms with Crippen molar-refractivity contribution in [3.8, 4) is 5.69 Å². The molecule has 1 aromatic carbocycles. The minimum absolute atomic E-state index is 0.0841. The van der Waals surface area contributed by atoms with Gasteiger partial charge in [-0.05, 0) is 47.3 Å². The van der Waals surface area contributed by atoms with Crippen molar-refractivity contribution in [2.45, 2.75) is 13.1 Å². The minimum atomic E-state index is -0.0841. The van der Waals surface area contributed by atoms with E-state index in [0.29, 0.717) is 12.4 Å². The highest BCUT2D eigenvalue weighted by molar-refractivity contribution is 5.77. The van der Waals surface area contributed by atoms with Gasteiger partial charge in [0.15, 0.2) is 5.82 Å². The molecule has 0 saturated heterocycles. The van der Waals surface area contributed by atoms with Crippen LogP contribution in [-0.4, -0.2) is 49.6 Å². The lowest BCUT2D eigenvalue weighted by atomic mass is 10.2. The largest absolute Gasteiger partial charge is 0.348 e. The highest BCUT2D eigenvalue weighted by Gasteiger charge is 2.11. The lowest BCUT2D eigenvalue weighted by Gasteiger charge is -2.16. The molecule has 0 saturated carbocycles. The van der Waals surface area contributed by atoms with Gasteiger partial charge in [-0.2, -0.15) is 4.68 Å². The smallest absolute Gasteiger partial charge is 0.234 e. The molecule has 0 atom stereocenters. The lowest BCUT2D eigenvalue weighted by molar-refractivity contribution is -0.122. The fourth-order valence-electron chi connectivity index (χ4n) is 2.42. The summed E-state index contributed by atoms with van der Waals surface area (Å²) in [6.07, 6.45) is 3.49. The van der Waals surface area contributed by atoms with Gasteiger partial charge in [0.1, 0.15) is 0 Å². The normalized spacial score (nSPS) is 10.8. The molecule has 3 rings (SSSR count). The number of carbonyl (C=O) groups excluding carboxylic acids is 1. The zero-order chi connectivity index (χ0) is 17.5. The Bertz CT molecular complexity index is 804. The van der Waals surface area contributed by atoms with Crippen molar-refractivity contribution < 1.29 is 4.79 Å². The second-order valence-electron chi connectivity index (χ2n) is 5.65. The summed E-state index contributed by atoms with van der Waals surface area (Å²) in [5, 5.41) is 14.5. The molecule has 0 aliphatic carbocycles. The fraction of sp³-hybridized carbons (Fsp3) is 0.235. The van der Waals surface area contributed by atoms with Crippen molar-refractivity contribution in [1.29, 1.82) is 0 Å². The summed E-state index contributed by atoms with van der Waals surface area (Å²) in [5.74, 6) is 0.496. The number of pyridine rings is 1. The van der Waals surface area contributed by atoms with Crippen LogP contribution in [0.15, 0.2) is 54.9 Å². The Morgan fingerprint density at radius 1 is 1.16 bits per heavy atom. The molecule has 0 radical (unpaired) electrons. The van der Waals surface area contributed by atoms with Crippen LogP contribution in [0.3, 0.4) is 0 Å². The van der Waals surface area contributed by atoms with E-state index in [1.54, 1.807) is 17.1 Å². The first kappa shape index (κ1) is 16.7. The SMILES string of the molecule is CN(CC(=O)NCc1nnnn1-c1ccccc1)Cc1ccncc1. The molecule has 0 bridgehead atoms. The summed E-state index contributed by atoms with van der Waals surface area (Å²) in [7, 11) is 1.90. The number of nitrogens with one attached hydrogen (secondary N) is 1. The van der Waals surface area contributed by atoms with E-state index in [9.17, 15) is 4.79 Å². The molecule has 0 aliphatic heterocycles. The molecule has 0 spiro atoms. The van der Waals surface area contributed by atoms with Crippen molar-refractivity contribution in [2.24, 2.45) is 0 Å². The van der Waals surface area contributed by atoms with Crippen molar-refractivity contribution in [1.82, 2.24) is 35.4 Å². The molecule has 2 aromatic heterocycles. The van der Waals surface area contributed by atoms with Gasteiger partial charge in [-0.15, -0.1) is 5.10 Å². The van der Waals surface area contributed by atoms with Crippen LogP contribution in [0.2, 0.25) is 0 Å². The molecule has 1 amide bonds. The molecule has 0 aliphatic rings. The number of hydrogen-bond acceptors (Lipinski definition) is 6. The number of para-hydroxylation sites is 1. The number of aromatic nitrogens is 5. The highest BCUT2D eigenvalue weighted by atomic mass is 16.2. The summed E-state index contributed by atoms with van der Waals surface area (Å²) in [5.41, 5.74) is 1.96. The van der Waals surface area contributed by atoms with Gasteiger partial charge >= 0.3 is 0 Å². The predicted octanol–water partition coefficient (Wildman–Crippen LogP) is 0.805. The van der Waals surface area contributed by atoms with Gasteiger partial charge in [-0.1, -0.05) is 18.2 Å². The maximum atomic E-state index is 12.1. The lowest BCUT2D eigenvalue weighted by Crippen LogP contribution is -2.35. The average molecular weight is 337 g/mol. The molecule has 25 heavy (non-hydrogen) atoms. The number of tetrazole rings is 1. The third-order valence-corrected chi connectivity index (χ3v) is 3.59. The maximum Gasteiger partial charge on any atom is 0.234 e. The van der Waals surface area contributed by atoms with Crippen LogP contribution in [0.4, 0.5) is 0 Å². The van der Waals surface area contributed by atoms with Crippen LogP contribution in [0.1, 0.15) is 11.4 Å². The number of likely N-dealkylation sites (N-methyl/N-ethyl adjacent to an activating group) is 1. The van der Waals surface area contributed by atoms with Crippen LogP contribution in [0, 0.1) is 0 Å². The maximum absolute atomic E-state index is 12.1. The monoisotopic (exact) mass is 337 g/mol. The summed E-state index contributed by atoms with van der Waals surface area (Å²) in [6.45, 7) is 1.23. The molecule has 0 unspecified atom stereocenters. The zero-order valence-corrected chi connectivity index (χ0v) is 13.9. The molecular formula is C17H19N7O. The van der Waals surface area contributed by atoms with Gasteiger partial charge in [0.25, 0.3) is 0 Å². The molecule has 8 heteroatoms. The second kappa shape index (κ2) is 8.11. The van der Waals surface area contributed by atoms with Crippen molar-refractivity contribution >= 4 is 5.91 Å². The number of hydrogen-bond donors (Lipinski definition) is 1. The summed E-state index contributed by atoms with van der Waals surface area (Å²) < 4.78 is 1.61. The van der Waals surface area contributed by atoms with Crippen LogP contribution >= 0.6 is 0 Å². The Morgan fingerprint density at radius 2 is 1.92 bits per heavy atom. The average Bonchev–Trinajstić information content (AvgIpc) is 3.10. The van der Waals surface area contributed by atoms with Crippen LogP contribution < -0.4 is 5.32 Å². The third-order valence-electron chi connectivity index (χ3n) is 3.59. The molecule has 2 heterocycles. The predicted molar refractivity (Wildman–Crippen MR) is 91.6 cm³/mol. The van der Waals surface area contributed by atoms with Crippen LogP contribution in [0.25, 0.3) is 5.69 Å². The molecule has 128 valence electrons. The molecule has 0 fully saturated rings.